The summed E-state index contributed by atoms with van der Waals surface area (Å²) in [6.45, 7) is 2.97. The van der Waals surface area contributed by atoms with E-state index in [1.165, 1.54) is 22.6 Å². The van der Waals surface area contributed by atoms with E-state index in [0.29, 0.717) is 32.0 Å². The number of rotatable bonds is 5. The van der Waals surface area contributed by atoms with E-state index < -0.39 is 10.0 Å². The van der Waals surface area contributed by atoms with Gasteiger partial charge in [-0.15, -0.1) is 0 Å². The number of hydrogen-bond donors (Lipinski definition) is 3. The molecule has 0 amide bonds. The van der Waals surface area contributed by atoms with Crippen LogP contribution in [0.5, 0.6) is 0 Å². The van der Waals surface area contributed by atoms with Gasteiger partial charge in [-0.05, 0) is 25.1 Å². The summed E-state index contributed by atoms with van der Waals surface area (Å²) in [5.74, 6) is 5.63. The van der Waals surface area contributed by atoms with Gasteiger partial charge in [0.25, 0.3) is 0 Å². The summed E-state index contributed by atoms with van der Waals surface area (Å²) in [6, 6.07) is 3.02. The zero-order valence-electron chi connectivity index (χ0n) is 11.8. The Hall–Kier alpha value is -1.26. The van der Waals surface area contributed by atoms with Crippen LogP contribution in [-0.4, -0.2) is 67.0 Å². The largest absolute Gasteiger partial charge is 0.395 e. The zero-order valence-corrected chi connectivity index (χ0v) is 12.6. The molecular weight excluding hydrogens is 294 g/mol. The van der Waals surface area contributed by atoms with E-state index in [0.717, 1.165) is 13.0 Å². The van der Waals surface area contributed by atoms with E-state index in [1.807, 2.05) is 0 Å². The molecule has 1 aliphatic rings. The quantitative estimate of drug-likeness (QED) is 0.475. The molecule has 0 unspecified atom stereocenters. The second-order valence-electron chi connectivity index (χ2n) is 4.85. The average molecular weight is 315 g/mol. The molecule has 1 saturated heterocycles. The van der Waals surface area contributed by atoms with E-state index in [2.05, 4.69) is 15.3 Å². The van der Waals surface area contributed by atoms with E-state index >= 15 is 0 Å². The molecule has 8 nitrogen and oxygen atoms in total. The second-order valence-corrected chi connectivity index (χ2v) is 6.78. The van der Waals surface area contributed by atoms with Crippen molar-refractivity contribution in [1.82, 2.24) is 14.2 Å². The molecule has 1 aliphatic heterocycles. The van der Waals surface area contributed by atoms with Crippen LogP contribution in [0.1, 0.15) is 6.42 Å². The van der Waals surface area contributed by atoms with Crippen molar-refractivity contribution in [2.45, 2.75) is 11.3 Å². The first-order valence-electron chi connectivity index (χ1n) is 6.84. The first kappa shape index (κ1) is 16.1. The summed E-state index contributed by atoms with van der Waals surface area (Å²) in [5.41, 5.74) is 2.37. The highest BCUT2D eigenvalue weighted by atomic mass is 32.2. The number of pyridine rings is 1. The van der Waals surface area contributed by atoms with Gasteiger partial charge in [0.15, 0.2) is 0 Å². The normalized spacial score (nSPS) is 18.4. The number of sulfonamides is 1. The molecule has 1 aromatic rings. The van der Waals surface area contributed by atoms with Crippen LogP contribution in [0.25, 0.3) is 0 Å². The molecule has 2 rings (SSSR count). The van der Waals surface area contributed by atoms with Crippen LogP contribution in [0, 0.1) is 0 Å². The van der Waals surface area contributed by atoms with Gasteiger partial charge < -0.3 is 10.5 Å². The van der Waals surface area contributed by atoms with Crippen molar-refractivity contribution >= 4 is 15.8 Å². The number of β-amino-alcohol motifs (C(OH)–C–C–N with tert-alkyl or cyclic N) is 1. The van der Waals surface area contributed by atoms with E-state index in [4.69, 9.17) is 10.9 Å². The van der Waals surface area contributed by atoms with Crippen molar-refractivity contribution in [3.63, 3.8) is 0 Å². The molecule has 2 heterocycles. The molecule has 0 spiro atoms. The average Bonchev–Trinajstić information content (AvgIpc) is 2.74. The lowest BCUT2D eigenvalue weighted by molar-refractivity contribution is 0.202. The number of anilines is 1. The number of hydrazine groups is 1. The first-order chi connectivity index (χ1) is 10.1. The van der Waals surface area contributed by atoms with E-state index in [-0.39, 0.29) is 11.5 Å². The Morgan fingerprint density at radius 3 is 2.71 bits per heavy atom. The minimum atomic E-state index is -3.54. The Bertz CT molecular complexity index is 549. The van der Waals surface area contributed by atoms with E-state index in [1.54, 1.807) is 0 Å². The SMILES string of the molecule is NNc1ccc(S(=O)(=O)N2CCCN(CCO)CC2)cn1. The molecule has 0 aromatic carbocycles. The fourth-order valence-electron chi connectivity index (χ4n) is 2.32. The van der Waals surface area contributed by atoms with Crippen LogP contribution in [-0.2, 0) is 10.0 Å². The van der Waals surface area contributed by atoms with Gasteiger partial charge in [0.05, 0.1) is 6.61 Å². The number of aliphatic hydroxyl groups is 1. The number of hydrogen-bond acceptors (Lipinski definition) is 7. The first-order valence-corrected chi connectivity index (χ1v) is 8.28. The standard InChI is InChI=1S/C12H21N5O3S/c13-15-12-3-2-11(10-14-12)21(19,20)17-5-1-4-16(6-7-17)8-9-18/h2-3,10,18H,1,4-9,13H2,(H,14,15). The molecule has 0 radical (unpaired) electrons. The third-order valence-electron chi connectivity index (χ3n) is 3.49. The summed E-state index contributed by atoms with van der Waals surface area (Å²) in [4.78, 5) is 6.17. The maximum absolute atomic E-state index is 12.6. The van der Waals surface area contributed by atoms with Gasteiger partial charge >= 0.3 is 0 Å². The highest BCUT2D eigenvalue weighted by molar-refractivity contribution is 7.89. The van der Waals surface area contributed by atoms with Crippen molar-refractivity contribution in [3.8, 4) is 0 Å². The predicted molar refractivity (Wildman–Crippen MR) is 78.9 cm³/mol. The van der Waals surface area contributed by atoms with Crippen LogP contribution in [0.15, 0.2) is 23.2 Å². The smallest absolute Gasteiger partial charge is 0.244 e. The minimum Gasteiger partial charge on any atom is -0.395 e. The van der Waals surface area contributed by atoms with Crippen molar-refractivity contribution in [3.05, 3.63) is 18.3 Å². The molecule has 21 heavy (non-hydrogen) atoms. The van der Waals surface area contributed by atoms with Gasteiger partial charge in [-0.1, -0.05) is 0 Å². The van der Waals surface area contributed by atoms with Crippen molar-refractivity contribution in [2.24, 2.45) is 5.84 Å². The number of aromatic nitrogens is 1. The highest BCUT2D eigenvalue weighted by Gasteiger charge is 2.26. The summed E-state index contributed by atoms with van der Waals surface area (Å²) < 4.78 is 26.6. The number of nitrogens with one attached hydrogen (secondary N) is 1. The van der Waals surface area contributed by atoms with Crippen LogP contribution < -0.4 is 11.3 Å². The number of nitrogens with zero attached hydrogens (tertiary/aromatic N) is 3. The molecule has 118 valence electrons. The number of nitrogens with two attached hydrogens (primary N) is 1. The van der Waals surface area contributed by atoms with Crippen LogP contribution in [0.2, 0.25) is 0 Å². The number of aliphatic hydroxyl groups excluding tert-OH is 1. The van der Waals surface area contributed by atoms with Gasteiger partial charge in [0, 0.05) is 32.4 Å². The summed E-state index contributed by atoms with van der Waals surface area (Å²) in [5, 5.41) is 8.97. The molecule has 0 aliphatic carbocycles. The fraction of sp³-hybridized carbons (Fsp3) is 0.583. The topological polar surface area (TPSA) is 112 Å². The van der Waals surface area contributed by atoms with Crippen LogP contribution >= 0.6 is 0 Å². The molecule has 1 aromatic heterocycles. The van der Waals surface area contributed by atoms with E-state index in [9.17, 15) is 8.42 Å². The summed E-state index contributed by atoms with van der Waals surface area (Å²) in [6.07, 6.45) is 2.05. The second kappa shape index (κ2) is 7.14. The zero-order chi connectivity index (χ0) is 15.3. The monoisotopic (exact) mass is 315 g/mol. The molecule has 0 bridgehead atoms. The Morgan fingerprint density at radius 2 is 2.10 bits per heavy atom. The predicted octanol–water partition coefficient (Wildman–Crippen LogP) is -0.944. The molecular formula is C12H21N5O3S. The Balaban J connectivity index is 2.11. The lowest BCUT2D eigenvalue weighted by Gasteiger charge is -2.21. The molecule has 1 fully saturated rings. The summed E-state index contributed by atoms with van der Waals surface area (Å²) in [7, 11) is -3.54. The van der Waals surface area contributed by atoms with Crippen molar-refractivity contribution in [2.75, 3.05) is 44.8 Å². The van der Waals surface area contributed by atoms with Gasteiger partial charge in [0.1, 0.15) is 10.7 Å². The Labute approximate surface area is 124 Å². The van der Waals surface area contributed by atoms with Crippen LogP contribution in [0.4, 0.5) is 5.82 Å². The van der Waals surface area contributed by atoms with Crippen molar-refractivity contribution < 1.29 is 13.5 Å². The lowest BCUT2D eigenvalue weighted by Crippen LogP contribution is -2.36. The Kier molecular flexibility index (Phi) is 5.48. The molecule has 0 atom stereocenters. The van der Waals surface area contributed by atoms with Gasteiger partial charge in [-0.2, -0.15) is 4.31 Å². The van der Waals surface area contributed by atoms with Crippen molar-refractivity contribution in [1.29, 1.82) is 0 Å². The maximum Gasteiger partial charge on any atom is 0.244 e. The van der Waals surface area contributed by atoms with Gasteiger partial charge in [-0.25, -0.2) is 19.2 Å². The van der Waals surface area contributed by atoms with Gasteiger partial charge in [0.2, 0.25) is 10.0 Å². The number of nitrogen functional groups attached to an aromatic ring is 1. The lowest BCUT2D eigenvalue weighted by atomic mass is 10.4. The third-order valence-corrected chi connectivity index (χ3v) is 5.37. The minimum absolute atomic E-state index is 0.0875. The highest BCUT2D eigenvalue weighted by Crippen LogP contribution is 2.18. The third kappa shape index (κ3) is 3.89. The van der Waals surface area contributed by atoms with Crippen LogP contribution in [0.3, 0.4) is 0 Å². The van der Waals surface area contributed by atoms with Gasteiger partial charge in [-0.3, -0.25) is 4.90 Å². The fourth-order valence-corrected chi connectivity index (χ4v) is 3.74. The Morgan fingerprint density at radius 1 is 1.29 bits per heavy atom. The molecule has 0 saturated carbocycles. The molecule has 4 N–H and O–H groups in total. The maximum atomic E-state index is 12.6. The summed E-state index contributed by atoms with van der Waals surface area (Å²) >= 11 is 0. The molecule has 9 heteroatoms.